The Kier molecular flexibility index (Phi) is 6.41. The van der Waals surface area contributed by atoms with Crippen molar-refractivity contribution in [2.45, 2.75) is 0 Å². The van der Waals surface area contributed by atoms with Crippen molar-refractivity contribution in [2.24, 2.45) is 0 Å². The number of amides is 2. The van der Waals surface area contributed by atoms with Crippen LogP contribution >= 0.6 is 0 Å². The van der Waals surface area contributed by atoms with E-state index < -0.39 is 0 Å². The van der Waals surface area contributed by atoms with Crippen LogP contribution in [0.2, 0.25) is 0 Å². The van der Waals surface area contributed by atoms with Crippen molar-refractivity contribution >= 4 is 45.2 Å². The second-order valence-electron chi connectivity index (χ2n) is 9.24. The number of rotatable bonds is 5. The third-order valence-electron chi connectivity index (χ3n) is 6.80. The highest BCUT2D eigenvalue weighted by Crippen LogP contribution is 2.29. The number of hydrogen-bond acceptors (Lipinski definition) is 4. The monoisotopic (exact) mass is 530 g/mol. The first-order valence-electron chi connectivity index (χ1n) is 12.7. The minimum atomic E-state index is -0.279. The first-order valence-corrected chi connectivity index (χ1v) is 12.7. The molecule has 6 rings (SSSR count). The molecule has 0 aliphatic carbocycles. The lowest BCUT2D eigenvalue weighted by atomic mass is 10.0. The number of benzene rings is 4. The molecule has 0 spiro atoms. The average molecular weight is 531 g/mol. The number of ether oxygens (including phenoxy) is 2. The van der Waals surface area contributed by atoms with Crippen molar-refractivity contribution in [3.63, 3.8) is 0 Å². The summed E-state index contributed by atoms with van der Waals surface area (Å²) in [5.41, 5.74) is 4.66. The number of hydrogen-bond donors (Lipinski definition) is 2. The number of carbonyl (C=O) groups excluding carboxylic acids is 2. The van der Waals surface area contributed by atoms with Crippen molar-refractivity contribution in [1.82, 2.24) is 9.13 Å². The van der Waals surface area contributed by atoms with Crippen LogP contribution in [0.25, 0.3) is 32.9 Å². The summed E-state index contributed by atoms with van der Waals surface area (Å²) in [6.07, 6.45) is 3.50. The van der Waals surface area contributed by atoms with E-state index in [1.807, 2.05) is 84.9 Å². The summed E-state index contributed by atoms with van der Waals surface area (Å²) in [6, 6.07) is 29.6. The Morgan fingerprint density at radius 1 is 0.575 bits per heavy atom. The summed E-state index contributed by atoms with van der Waals surface area (Å²) in [7, 11) is 3.17. The molecule has 0 unspecified atom stereocenters. The van der Waals surface area contributed by atoms with Gasteiger partial charge in [0, 0.05) is 46.7 Å². The van der Waals surface area contributed by atoms with Crippen LogP contribution in [-0.2, 0) is 0 Å². The summed E-state index contributed by atoms with van der Waals surface area (Å²) in [4.78, 5) is 26.3. The number of anilines is 2. The van der Waals surface area contributed by atoms with Crippen LogP contribution < -0.4 is 20.1 Å². The molecule has 2 aromatic heterocycles. The summed E-state index contributed by atoms with van der Waals surface area (Å²) in [5, 5.41) is 7.73. The molecular formula is C32H26N4O4. The van der Waals surface area contributed by atoms with E-state index in [1.165, 1.54) is 0 Å². The molecule has 0 atom stereocenters. The van der Waals surface area contributed by atoms with Crippen molar-refractivity contribution in [3.05, 3.63) is 109 Å². The molecule has 2 heterocycles. The Morgan fingerprint density at radius 3 is 1.45 bits per heavy atom. The minimum Gasteiger partial charge on any atom is -0.497 e. The van der Waals surface area contributed by atoms with E-state index in [1.54, 1.807) is 47.9 Å². The van der Waals surface area contributed by atoms with E-state index in [2.05, 4.69) is 10.6 Å². The van der Waals surface area contributed by atoms with Crippen LogP contribution in [0.1, 0.15) is 0 Å². The van der Waals surface area contributed by atoms with Gasteiger partial charge in [-0.3, -0.25) is 9.13 Å². The molecule has 0 bridgehead atoms. The zero-order chi connectivity index (χ0) is 27.6. The second kappa shape index (κ2) is 10.3. The number of carbonyl (C=O) groups is 2. The van der Waals surface area contributed by atoms with Gasteiger partial charge in [-0.25, -0.2) is 9.59 Å². The van der Waals surface area contributed by atoms with Crippen LogP contribution in [0.4, 0.5) is 21.0 Å². The maximum atomic E-state index is 13.1. The quantitative estimate of drug-likeness (QED) is 0.243. The van der Waals surface area contributed by atoms with E-state index in [-0.39, 0.29) is 12.1 Å². The van der Waals surface area contributed by atoms with Gasteiger partial charge >= 0.3 is 12.1 Å². The van der Waals surface area contributed by atoms with Crippen molar-refractivity contribution < 1.29 is 19.1 Å². The standard InChI is InChI=1S/C32H26N4O4/c1-39-27-7-3-5-25(19-27)33-31(37)35-15-13-21-9-11-23(17-29(21)35)24-12-10-22-14-16-36(30(22)18-24)32(38)34-26-6-4-8-28(20-26)40-2/h3-20H,1-2H3,(H,33,37)(H,34,38). The molecule has 0 fully saturated rings. The molecule has 0 aliphatic heterocycles. The van der Waals surface area contributed by atoms with Crippen molar-refractivity contribution in [3.8, 4) is 22.6 Å². The van der Waals surface area contributed by atoms with Gasteiger partial charge in [0.1, 0.15) is 11.5 Å². The molecule has 2 N–H and O–H groups in total. The van der Waals surface area contributed by atoms with Crippen molar-refractivity contribution in [2.75, 3.05) is 24.9 Å². The van der Waals surface area contributed by atoms with Gasteiger partial charge in [0.2, 0.25) is 0 Å². The predicted molar refractivity (Wildman–Crippen MR) is 158 cm³/mol. The molecular weight excluding hydrogens is 504 g/mol. The molecule has 8 nitrogen and oxygen atoms in total. The molecule has 0 aliphatic rings. The Balaban J connectivity index is 1.30. The fourth-order valence-electron chi connectivity index (χ4n) is 4.74. The average Bonchev–Trinajstić information content (AvgIpc) is 3.61. The van der Waals surface area contributed by atoms with Gasteiger partial charge in [0.05, 0.1) is 25.3 Å². The Bertz CT molecular complexity index is 1750. The number of aromatic nitrogens is 2. The highest BCUT2D eigenvalue weighted by molar-refractivity contribution is 6.01. The van der Waals surface area contributed by atoms with Gasteiger partial charge in [-0.05, 0) is 59.7 Å². The predicted octanol–water partition coefficient (Wildman–Crippen LogP) is 7.44. The van der Waals surface area contributed by atoms with Gasteiger partial charge in [-0.2, -0.15) is 0 Å². The van der Waals surface area contributed by atoms with E-state index in [0.717, 1.165) is 32.9 Å². The third-order valence-corrected chi connectivity index (χ3v) is 6.80. The lowest BCUT2D eigenvalue weighted by molar-refractivity contribution is 0.253. The highest BCUT2D eigenvalue weighted by atomic mass is 16.5. The number of fused-ring (bicyclic) bond motifs is 2. The maximum Gasteiger partial charge on any atom is 0.330 e. The normalized spacial score (nSPS) is 10.9. The van der Waals surface area contributed by atoms with E-state index in [0.29, 0.717) is 22.9 Å². The van der Waals surface area contributed by atoms with Crippen LogP contribution in [-0.4, -0.2) is 35.4 Å². The molecule has 8 heteroatoms. The largest absolute Gasteiger partial charge is 0.497 e. The van der Waals surface area contributed by atoms with Gasteiger partial charge in [0.25, 0.3) is 0 Å². The van der Waals surface area contributed by atoms with Gasteiger partial charge < -0.3 is 20.1 Å². The van der Waals surface area contributed by atoms with E-state index >= 15 is 0 Å². The minimum absolute atomic E-state index is 0.279. The first-order chi connectivity index (χ1) is 19.5. The zero-order valence-corrected chi connectivity index (χ0v) is 21.9. The molecule has 40 heavy (non-hydrogen) atoms. The molecule has 0 saturated heterocycles. The third kappa shape index (κ3) is 4.74. The second-order valence-corrected chi connectivity index (χ2v) is 9.24. The summed E-state index contributed by atoms with van der Waals surface area (Å²) in [5.74, 6) is 1.32. The SMILES string of the molecule is COc1cccc(NC(=O)n2ccc3ccc(-c4ccc5ccn(C(=O)Nc6cccc(OC)c6)c5c4)cc32)c1. The van der Waals surface area contributed by atoms with Crippen LogP contribution in [0.5, 0.6) is 11.5 Å². The summed E-state index contributed by atoms with van der Waals surface area (Å²) >= 11 is 0. The molecule has 4 aromatic carbocycles. The van der Waals surface area contributed by atoms with E-state index in [4.69, 9.17) is 9.47 Å². The van der Waals surface area contributed by atoms with Crippen LogP contribution in [0.3, 0.4) is 0 Å². The van der Waals surface area contributed by atoms with Gasteiger partial charge in [0.15, 0.2) is 0 Å². The molecule has 198 valence electrons. The molecule has 0 radical (unpaired) electrons. The van der Waals surface area contributed by atoms with E-state index in [9.17, 15) is 9.59 Å². The fraction of sp³-hybridized carbons (Fsp3) is 0.0625. The smallest absolute Gasteiger partial charge is 0.330 e. The lowest BCUT2D eigenvalue weighted by Gasteiger charge is -2.11. The first kappa shape index (κ1) is 24.8. The Labute approximate surface area is 230 Å². The Hall–Kier alpha value is -5.50. The van der Waals surface area contributed by atoms with Gasteiger partial charge in [-0.15, -0.1) is 0 Å². The molecule has 2 amide bonds. The molecule has 0 saturated carbocycles. The van der Waals surface area contributed by atoms with Gasteiger partial charge in [-0.1, -0.05) is 36.4 Å². The van der Waals surface area contributed by atoms with Crippen molar-refractivity contribution in [1.29, 1.82) is 0 Å². The van der Waals surface area contributed by atoms with Crippen LogP contribution in [0, 0.1) is 0 Å². The molecule has 6 aromatic rings. The number of nitrogens with zero attached hydrogens (tertiary/aromatic N) is 2. The zero-order valence-electron chi connectivity index (χ0n) is 21.9. The maximum absolute atomic E-state index is 13.1. The number of methoxy groups -OCH3 is 2. The topological polar surface area (TPSA) is 86.5 Å². The number of nitrogens with one attached hydrogen (secondary N) is 2. The Morgan fingerprint density at radius 2 is 1.02 bits per heavy atom. The lowest BCUT2D eigenvalue weighted by Crippen LogP contribution is -2.18. The summed E-state index contributed by atoms with van der Waals surface area (Å²) < 4.78 is 13.7. The highest BCUT2D eigenvalue weighted by Gasteiger charge is 2.14. The van der Waals surface area contributed by atoms with Crippen LogP contribution in [0.15, 0.2) is 109 Å². The summed E-state index contributed by atoms with van der Waals surface area (Å²) in [6.45, 7) is 0. The fourth-order valence-corrected chi connectivity index (χ4v) is 4.74.